The summed E-state index contributed by atoms with van der Waals surface area (Å²) in [4.78, 5) is 11.1. The van der Waals surface area contributed by atoms with Crippen LogP contribution in [0.1, 0.15) is 20.3 Å². The zero-order valence-corrected chi connectivity index (χ0v) is 6.73. The minimum Gasteiger partial charge on any atom is -0.291 e. The van der Waals surface area contributed by atoms with Crippen molar-refractivity contribution in [2.75, 3.05) is 0 Å². The molecule has 1 nitrogen and oxygen atoms in total. The van der Waals surface area contributed by atoms with E-state index in [0.29, 0.717) is 5.92 Å². The molecule has 2 heteroatoms. The van der Waals surface area contributed by atoms with Gasteiger partial charge in [-0.1, -0.05) is 13.8 Å². The molecule has 0 radical (unpaired) electrons. The maximum absolute atomic E-state index is 12.7. The summed E-state index contributed by atoms with van der Waals surface area (Å²) < 4.78 is 12.7. The Morgan fingerprint density at radius 3 is 2.64 bits per heavy atom. The van der Waals surface area contributed by atoms with Crippen molar-refractivity contribution in [3.8, 4) is 0 Å². The largest absolute Gasteiger partial charge is 0.291 e. The van der Waals surface area contributed by atoms with Gasteiger partial charge in [0, 0.05) is 5.92 Å². The quantitative estimate of drug-likeness (QED) is 0.522. The van der Waals surface area contributed by atoms with E-state index in [1.165, 1.54) is 6.08 Å². The van der Waals surface area contributed by atoms with Gasteiger partial charge in [-0.25, -0.2) is 4.39 Å². The highest BCUT2D eigenvalue weighted by Crippen LogP contribution is 2.56. The van der Waals surface area contributed by atoms with Crippen molar-refractivity contribution in [1.82, 2.24) is 0 Å². The summed E-state index contributed by atoms with van der Waals surface area (Å²) in [6, 6.07) is 0. The fraction of sp³-hybridized carbons (Fsp3) is 0.667. The molecule has 0 amide bonds. The van der Waals surface area contributed by atoms with Gasteiger partial charge >= 0.3 is 0 Å². The van der Waals surface area contributed by atoms with E-state index >= 15 is 0 Å². The summed E-state index contributed by atoms with van der Waals surface area (Å²) in [5, 5.41) is 0. The molecule has 0 aromatic rings. The highest BCUT2D eigenvalue weighted by molar-refractivity contribution is 5.98. The third-order valence-corrected chi connectivity index (χ3v) is 3.24. The molecular weight excluding hydrogens is 143 g/mol. The Bertz CT molecular complexity index is 252. The van der Waals surface area contributed by atoms with Gasteiger partial charge in [-0.15, -0.1) is 0 Å². The van der Waals surface area contributed by atoms with Gasteiger partial charge in [0.05, 0.1) is 0 Å². The van der Waals surface area contributed by atoms with Crippen LogP contribution in [0.3, 0.4) is 0 Å². The van der Waals surface area contributed by atoms with Crippen molar-refractivity contribution >= 4 is 5.78 Å². The average molecular weight is 154 g/mol. The lowest BCUT2D eigenvalue weighted by molar-refractivity contribution is -0.136. The smallest absolute Gasteiger partial charge is 0.194 e. The fourth-order valence-electron chi connectivity index (χ4n) is 2.11. The molecule has 2 bridgehead atoms. The van der Waals surface area contributed by atoms with Gasteiger partial charge in [0.2, 0.25) is 0 Å². The molecule has 0 saturated heterocycles. The molecule has 1 saturated carbocycles. The van der Waals surface area contributed by atoms with Gasteiger partial charge in [0.15, 0.2) is 11.6 Å². The average Bonchev–Trinajstić information content (AvgIpc) is 1.93. The van der Waals surface area contributed by atoms with Crippen molar-refractivity contribution in [1.29, 1.82) is 0 Å². The van der Waals surface area contributed by atoms with Crippen LogP contribution >= 0.6 is 0 Å². The lowest BCUT2D eigenvalue weighted by Crippen LogP contribution is -2.51. The summed E-state index contributed by atoms with van der Waals surface area (Å²) >= 11 is 0. The van der Waals surface area contributed by atoms with E-state index < -0.39 is 5.83 Å². The first-order valence-electron chi connectivity index (χ1n) is 3.95. The van der Waals surface area contributed by atoms with Crippen molar-refractivity contribution in [2.45, 2.75) is 20.3 Å². The van der Waals surface area contributed by atoms with E-state index in [1.807, 2.05) is 13.8 Å². The van der Waals surface area contributed by atoms with E-state index in [2.05, 4.69) is 0 Å². The molecule has 0 unspecified atom stereocenters. The fourth-order valence-corrected chi connectivity index (χ4v) is 2.11. The lowest BCUT2D eigenvalue weighted by atomic mass is 9.51. The van der Waals surface area contributed by atoms with Gasteiger partial charge in [0.25, 0.3) is 0 Å². The molecule has 0 N–H and O–H groups in total. The Balaban J connectivity index is 2.40. The number of Topliss-reactive ketones (excluding diaryl/α,β-unsaturated/α-hetero) is 1. The van der Waals surface area contributed by atoms with Crippen LogP contribution in [0.15, 0.2) is 11.9 Å². The molecule has 60 valence electrons. The predicted octanol–water partition coefficient (Wildman–Crippen LogP) is 2.08. The van der Waals surface area contributed by atoms with Crippen LogP contribution in [-0.2, 0) is 4.79 Å². The van der Waals surface area contributed by atoms with Crippen molar-refractivity contribution in [2.24, 2.45) is 17.3 Å². The molecule has 3 aliphatic carbocycles. The number of allylic oxidation sites excluding steroid dienone is 2. The third kappa shape index (κ3) is 0.673. The topological polar surface area (TPSA) is 17.1 Å². The van der Waals surface area contributed by atoms with Gasteiger partial charge in [0.1, 0.15) is 0 Å². The number of ketones is 1. The Kier molecular flexibility index (Phi) is 1.11. The summed E-state index contributed by atoms with van der Waals surface area (Å²) in [6.07, 6.45) is 2.35. The summed E-state index contributed by atoms with van der Waals surface area (Å²) in [7, 11) is 0. The van der Waals surface area contributed by atoms with Crippen molar-refractivity contribution in [3.05, 3.63) is 11.9 Å². The molecule has 3 rings (SSSR count). The molecule has 1 fully saturated rings. The van der Waals surface area contributed by atoms with Crippen LogP contribution in [0.2, 0.25) is 0 Å². The SMILES string of the molecule is CC1(C)[C@H]2C=C(F)C(=O)[C@@H]1C2. The molecule has 0 aromatic carbocycles. The van der Waals surface area contributed by atoms with Crippen LogP contribution in [0, 0.1) is 17.3 Å². The Hall–Kier alpha value is -0.660. The van der Waals surface area contributed by atoms with Crippen LogP contribution in [0.25, 0.3) is 0 Å². The second kappa shape index (κ2) is 1.74. The first-order valence-corrected chi connectivity index (χ1v) is 3.95. The Morgan fingerprint density at radius 2 is 2.27 bits per heavy atom. The van der Waals surface area contributed by atoms with E-state index in [-0.39, 0.29) is 17.1 Å². The van der Waals surface area contributed by atoms with E-state index in [4.69, 9.17) is 0 Å². The van der Waals surface area contributed by atoms with Gasteiger partial charge < -0.3 is 0 Å². The number of fused-ring (bicyclic) bond motifs is 1. The number of carbonyl (C=O) groups is 1. The van der Waals surface area contributed by atoms with Crippen LogP contribution in [0.5, 0.6) is 0 Å². The van der Waals surface area contributed by atoms with Crippen LogP contribution in [0.4, 0.5) is 4.39 Å². The second-order valence-corrected chi connectivity index (χ2v) is 4.10. The minimum atomic E-state index is -0.509. The first kappa shape index (κ1) is 7.01. The van der Waals surface area contributed by atoms with E-state index in [1.54, 1.807) is 0 Å². The lowest BCUT2D eigenvalue weighted by Gasteiger charge is -2.52. The number of hydrogen-bond donors (Lipinski definition) is 0. The molecule has 0 spiro atoms. The summed E-state index contributed by atoms with van der Waals surface area (Å²) in [5.74, 6) is -0.536. The van der Waals surface area contributed by atoms with Crippen molar-refractivity contribution in [3.63, 3.8) is 0 Å². The van der Waals surface area contributed by atoms with Crippen LogP contribution < -0.4 is 0 Å². The summed E-state index contributed by atoms with van der Waals surface area (Å²) in [5.41, 5.74) is 0.0205. The van der Waals surface area contributed by atoms with Crippen molar-refractivity contribution < 1.29 is 9.18 Å². The molecule has 11 heavy (non-hydrogen) atoms. The Morgan fingerprint density at radius 1 is 1.64 bits per heavy atom. The van der Waals surface area contributed by atoms with Gasteiger partial charge in [-0.3, -0.25) is 4.79 Å². The maximum atomic E-state index is 12.7. The molecule has 2 atom stereocenters. The Labute approximate surface area is 65.3 Å². The molecule has 3 aliphatic rings. The molecule has 0 aliphatic heterocycles. The molecular formula is C9H11FO. The zero-order valence-electron chi connectivity index (χ0n) is 6.73. The number of carbonyl (C=O) groups excluding carboxylic acids is 1. The standard InChI is InChI=1S/C9H11FO/c1-9(2)5-3-6(9)8(11)7(10)4-5/h4-6H,3H2,1-2H3/t5-,6+/m1/s1. The zero-order chi connectivity index (χ0) is 8.22. The van der Waals surface area contributed by atoms with Gasteiger partial charge in [-0.2, -0.15) is 0 Å². The van der Waals surface area contributed by atoms with Gasteiger partial charge in [-0.05, 0) is 23.8 Å². The summed E-state index contributed by atoms with van der Waals surface area (Å²) in [6.45, 7) is 4.07. The number of hydrogen-bond acceptors (Lipinski definition) is 1. The van der Waals surface area contributed by atoms with E-state index in [9.17, 15) is 9.18 Å². The normalized spacial score (nSPS) is 39.5. The molecule has 0 heterocycles. The highest BCUT2D eigenvalue weighted by atomic mass is 19.1. The maximum Gasteiger partial charge on any atom is 0.194 e. The number of halogens is 1. The highest BCUT2D eigenvalue weighted by Gasteiger charge is 2.54. The number of rotatable bonds is 0. The molecule has 0 aromatic heterocycles. The predicted molar refractivity (Wildman–Crippen MR) is 39.6 cm³/mol. The third-order valence-electron chi connectivity index (χ3n) is 3.24. The van der Waals surface area contributed by atoms with Crippen LogP contribution in [-0.4, -0.2) is 5.78 Å². The first-order chi connectivity index (χ1) is 5.03. The minimum absolute atomic E-state index is 0.0205. The second-order valence-electron chi connectivity index (χ2n) is 4.10. The van der Waals surface area contributed by atoms with E-state index in [0.717, 1.165) is 6.42 Å². The monoisotopic (exact) mass is 154 g/mol.